The Bertz CT molecular complexity index is 990. The van der Waals surface area contributed by atoms with Crippen molar-refractivity contribution < 1.29 is 19.4 Å². The Morgan fingerprint density at radius 1 is 1.06 bits per heavy atom. The molecule has 0 bridgehead atoms. The van der Waals surface area contributed by atoms with E-state index in [1.807, 2.05) is 24.3 Å². The van der Waals surface area contributed by atoms with Crippen LogP contribution in [-0.2, 0) is 6.54 Å². The van der Waals surface area contributed by atoms with Crippen molar-refractivity contribution in [2.45, 2.75) is 65.1 Å². The number of nitrogens with zero attached hydrogens (tertiary/aromatic N) is 1. The van der Waals surface area contributed by atoms with Crippen LogP contribution in [0.15, 0.2) is 42.5 Å². The first-order valence-corrected chi connectivity index (χ1v) is 11.9. The predicted molar refractivity (Wildman–Crippen MR) is 134 cm³/mol. The Balaban J connectivity index is 1.62. The molecule has 1 saturated carbocycles. The molecule has 0 unspecified atom stereocenters. The average molecular weight is 468 g/mol. The lowest BCUT2D eigenvalue weighted by Gasteiger charge is -2.38. The molecule has 2 aromatic rings. The molecule has 0 saturated heterocycles. The molecule has 2 amide bonds. The molecule has 184 valence electrons. The standard InChI is InChI=1S/C27H37N3O4/c1-27(2,3)17-30(26(32)33)23-12-10-22(11-13-23)29-16-21-15-20(9-14-24(21)34-4)18-5-7-19(8-6-18)25(28)31/h5-9,14-15,22-23,29H,10-13,16-17H2,1-4H3,(H2,28,31)(H,32,33). The molecule has 1 aliphatic carbocycles. The number of benzene rings is 2. The highest BCUT2D eigenvalue weighted by Gasteiger charge is 2.31. The van der Waals surface area contributed by atoms with Gasteiger partial charge in [0.2, 0.25) is 5.91 Å². The van der Waals surface area contributed by atoms with E-state index in [0.717, 1.165) is 48.1 Å². The number of carbonyl (C=O) groups excluding carboxylic acids is 1. The highest BCUT2D eigenvalue weighted by molar-refractivity contribution is 5.93. The van der Waals surface area contributed by atoms with Gasteiger partial charge in [-0.15, -0.1) is 0 Å². The lowest BCUT2D eigenvalue weighted by atomic mass is 9.88. The van der Waals surface area contributed by atoms with E-state index < -0.39 is 12.0 Å². The molecule has 7 nitrogen and oxygen atoms in total. The van der Waals surface area contributed by atoms with Gasteiger partial charge >= 0.3 is 6.09 Å². The summed E-state index contributed by atoms with van der Waals surface area (Å²) < 4.78 is 5.57. The summed E-state index contributed by atoms with van der Waals surface area (Å²) in [4.78, 5) is 24.8. The largest absolute Gasteiger partial charge is 0.496 e. The second-order valence-electron chi connectivity index (χ2n) is 10.3. The van der Waals surface area contributed by atoms with Crippen LogP contribution in [-0.4, -0.2) is 47.7 Å². The number of nitrogens with two attached hydrogens (primary N) is 1. The van der Waals surface area contributed by atoms with Crippen molar-refractivity contribution in [3.8, 4) is 16.9 Å². The number of methoxy groups -OCH3 is 1. The summed E-state index contributed by atoms with van der Waals surface area (Å²) >= 11 is 0. The van der Waals surface area contributed by atoms with Crippen LogP contribution in [0.2, 0.25) is 0 Å². The van der Waals surface area contributed by atoms with E-state index in [4.69, 9.17) is 10.5 Å². The van der Waals surface area contributed by atoms with Gasteiger partial charge in [-0.2, -0.15) is 0 Å². The van der Waals surface area contributed by atoms with Crippen molar-refractivity contribution in [2.24, 2.45) is 11.1 Å². The van der Waals surface area contributed by atoms with Gasteiger partial charge in [-0.05, 0) is 66.5 Å². The lowest BCUT2D eigenvalue weighted by Crippen LogP contribution is -2.47. The molecule has 3 rings (SSSR count). The van der Waals surface area contributed by atoms with Crippen LogP contribution in [0.25, 0.3) is 11.1 Å². The van der Waals surface area contributed by atoms with Crippen molar-refractivity contribution in [3.63, 3.8) is 0 Å². The minimum atomic E-state index is -0.822. The Morgan fingerprint density at radius 3 is 2.21 bits per heavy atom. The molecular weight excluding hydrogens is 430 g/mol. The van der Waals surface area contributed by atoms with Crippen LogP contribution in [0.5, 0.6) is 5.75 Å². The summed E-state index contributed by atoms with van der Waals surface area (Å²) in [5.74, 6) is 0.381. The van der Waals surface area contributed by atoms with Gasteiger partial charge in [0, 0.05) is 36.3 Å². The van der Waals surface area contributed by atoms with E-state index in [2.05, 4.69) is 32.2 Å². The summed E-state index contributed by atoms with van der Waals surface area (Å²) in [5.41, 5.74) is 8.87. The van der Waals surface area contributed by atoms with E-state index in [0.29, 0.717) is 24.7 Å². The molecule has 0 heterocycles. The number of rotatable bonds is 8. The van der Waals surface area contributed by atoms with Crippen molar-refractivity contribution in [1.29, 1.82) is 0 Å². The van der Waals surface area contributed by atoms with Crippen LogP contribution >= 0.6 is 0 Å². The zero-order valence-electron chi connectivity index (χ0n) is 20.6. The molecule has 4 N–H and O–H groups in total. The van der Waals surface area contributed by atoms with E-state index in [1.54, 1.807) is 24.1 Å². The van der Waals surface area contributed by atoms with Crippen molar-refractivity contribution >= 4 is 12.0 Å². The molecule has 0 spiro atoms. The number of hydrogen-bond donors (Lipinski definition) is 3. The van der Waals surface area contributed by atoms with Gasteiger partial charge in [-0.3, -0.25) is 4.79 Å². The molecule has 0 aliphatic heterocycles. The molecule has 2 aromatic carbocycles. The number of primary amides is 1. The molecule has 0 aromatic heterocycles. The predicted octanol–water partition coefficient (Wildman–Crippen LogP) is 4.89. The second kappa shape index (κ2) is 10.9. The zero-order chi connectivity index (χ0) is 24.9. The first kappa shape index (κ1) is 25.6. The zero-order valence-corrected chi connectivity index (χ0v) is 20.6. The van der Waals surface area contributed by atoms with Gasteiger partial charge < -0.3 is 25.8 Å². The summed E-state index contributed by atoms with van der Waals surface area (Å²) in [6, 6.07) is 13.7. The van der Waals surface area contributed by atoms with Crippen LogP contribution in [0, 0.1) is 5.41 Å². The van der Waals surface area contributed by atoms with Gasteiger partial charge in [0.15, 0.2) is 0 Å². The minimum Gasteiger partial charge on any atom is -0.496 e. The summed E-state index contributed by atoms with van der Waals surface area (Å²) in [6.07, 6.45) is 2.79. The Hall–Kier alpha value is -3.06. The summed E-state index contributed by atoms with van der Waals surface area (Å²) in [5, 5.41) is 13.3. The molecule has 0 radical (unpaired) electrons. The van der Waals surface area contributed by atoms with E-state index in [1.165, 1.54) is 0 Å². The van der Waals surface area contributed by atoms with Gasteiger partial charge in [0.1, 0.15) is 5.75 Å². The lowest BCUT2D eigenvalue weighted by molar-refractivity contribution is 0.0847. The highest BCUT2D eigenvalue weighted by atomic mass is 16.5. The fourth-order valence-corrected chi connectivity index (χ4v) is 4.63. The highest BCUT2D eigenvalue weighted by Crippen LogP contribution is 2.29. The maximum atomic E-state index is 11.8. The van der Waals surface area contributed by atoms with Crippen LogP contribution in [0.1, 0.15) is 62.4 Å². The number of carbonyl (C=O) groups is 2. The Kier molecular flexibility index (Phi) is 8.20. The van der Waals surface area contributed by atoms with E-state index in [-0.39, 0.29) is 11.5 Å². The number of hydrogen-bond acceptors (Lipinski definition) is 4. The summed E-state index contributed by atoms with van der Waals surface area (Å²) in [7, 11) is 1.67. The molecule has 34 heavy (non-hydrogen) atoms. The first-order valence-electron chi connectivity index (χ1n) is 11.9. The monoisotopic (exact) mass is 467 g/mol. The first-order chi connectivity index (χ1) is 16.1. The average Bonchev–Trinajstić information content (AvgIpc) is 2.81. The smallest absolute Gasteiger partial charge is 0.407 e. The van der Waals surface area contributed by atoms with E-state index in [9.17, 15) is 14.7 Å². The maximum Gasteiger partial charge on any atom is 0.407 e. The van der Waals surface area contributed by atoms with Crippen molar-refractivity contribution in [2.75, 3.05) is 13.7 Å². The van der Waals surface area contributed by atoms with Gasteiger partial charge in [-0.25, -0.2) is 4.79 Å². The number of ether oxygens (including phenoxy) is 1. The topological polar surface area (TPSA) is 105 Å². The van der Waals surface area contributed by atoms with Gasteiger partial charge in [-0.1, -0.05) is 39.0 Å². The van der Waals surface area contributed by atoms with Crippen LogP contribution in [0.4, 0.5) is 4.79 Å². The fourth-order valence-electron chi connectivity index (χ4n) is 4.63. The summed E-state index contributed by atoms with van der Waals surface area (Å²) in [6.45, 7) is 7.43. The van der Waals surface area contributed by atoms with Crippen molar-refractivity contribution in [3.05, 3.63) is 53.6 Å². The number of amides is 2. The number of carboxylic acid groups (broad SMARTS) is 1. The van der Waals surface area contributed by atoms with Crippen LogP contribution in [0.3, 0.4) is 0 Å². The normalized spacial score (nSPS) is 18.4. The molecule has 0 atom stereocenters. The van der Waals surface area contributed by atoms with E-state index >= 15 is 0 Å². The van der Waals surface area contributed by atoms with Crippen molar-refractivity contribution in [1.82, 2.24) is 10.2 Å². The SMILES string of the molecule is COc1ccc(-c2ccc(C(N)=O)cc2)cc1CNC1CCC(N(CC(C)(C)C)C(=O)O)CC1. The quantitative estimate of drug-likeness (QED) is 0.513. The van der Waals surface area contributed by atoms with Crippen LogP contribution < -0.4 is 15.8 Å². The Morgan fingerprint density at radius 2 is 1.68 bits per heavy atom. The fraction of sp³-hybridized carbons (Fsp3) is 0.481. The molecule has 1 fully saturated rings. The molecular formula is C27H37N3O4. The minimum absolute atomic E-state index is 0.0603. The Labute approximate surface area is 202 Å². The third-order valence-electron chi connectivity index (χ3n) is 6.39. The van der Waals surface area contributed by atoms with Gasteiger partial charge in [0.25, 0.3) is 0 Å². The number of nitrogens with one attached hydrogen (secondary N) is 1. The molecule has 7 heteroatoms. The third-order valence-corrected chi connectivity index (χ3v) is 6.39. The molecule has 1 aliphatic rings. The maximum absolute atomic E-state index is 11.8. The second-order valence-corrected chi connectivity index (χ2v) is 10.3. The van der Waals surface area contributed by atoms with Gasteiger partial charge in [0.05, 0.1) is 7.11 Å². The third kappa shape index (κ3) is 6.73.